The van der Waals surface area contributed by atoms with Gasteiger partial charge in [0.15, 0.2) is 0 Å². The first-order valence-corrected chi connectivity index (χ1v) is 6.78. The first kappa shape index (κ1) is 10.4. The van der Waals surface area contributed by atoms with Gasteiger partial charge in [-0.1, -0.05) is 29.8 Å². The van der Waals surface area contributed by atoms with Gasteiger partial charge >= 0.3 is 0 Å². The molecule has 2 heteroatoms. The molecule has 1 fully saturated rings. The van der Waals surface area contributed by atoms with Crippen molar-refractivity contribution >= 4 is 5.90 Å². The van der Waals surface area contributed by atoms with Gasteiger partial charge in [0.25, 0.3) is 0 Å². The normalized spacial score (nSPS) is 36.2. The zero-order valence-corrected chi connectivity index (χ0v) is 10.5. The zero-order valence-electron chi connectivity index (χ0n) is 10.5. The van der Waals surface area contributed by atoms with Gasteiger partial charge in [-0.2, -0.15) is 0 Å². The van der Waals surface area contributed by atoms with Gasteiger partial charge < -0.3 is 4.74 Å². The summed E-state index contributed by atoms with van der Waals surface area (Å²) < 4.78 is 6.17. The van der Waals surface area contributed by atoms with Crippen LogP contribution in [-0.2, 0) is 4.74 Å². The number of ether oxygens (including phenoxy) is 1. The van der Waals surface area contributed by atoms with Gasteiger partial charge in [-0.05, 0) is 31.4 Å². The maximum absolute atomic E-state index is 6.17. The lowest BCUT2D eigenvalue weighted by Crippen LogP contribution is -2.36. The van der Waals surface area contributed by atoms with Crippen LogP contribution in [0.15, 0.2) is 41.4 Å². The van der Waals surface area contributed by atoms with Crippen molar-refractivity contribution in [1.29, 1.82) is 0 Å². The topological polar surface area (TPSA) is 21.6 Å². The molecule has 2 nitrogen and oxygen atoms in total. The van der Waals surface area contributed by atoms with Crippen LogP contribution < -0.4 is 0 Å². The minimum Gasteiger partial charge on any atom is -0.473 e. The molecule has 0 radical (unpaired) electrons. The monoisotopic (exact) mass is 239 g/mol. The van der Waals surface area contributed by atoms with Crippen LogP contribution in [0, 0.1) is 24.7 Å². The predicted octanol–water partition coefficient (Wildman–Crippen LogP) is 2.96. The number of nitrogens with zero attached hydrogens (tertiary/aromatic N) is 1. The van der Waals surface area contributed by atoms with Crippen molar-refractivity contribution in [1.82, 2.24) is 0 Å². The van der Waals surface area contributed by atoms with E-state index in [4.69, 9.17) is 4.74 Å². The molecule has 1 heterocycles. The lowest BCUT2D eigenvalue weighted by atomic mass is 9.90. The minimum atomic E-state index is 0.369. The zero-order chi connectivity index (χ0) is 12.1. The fourth-order valence-electron chi connectivity index (χ4n) is 3.50. The highest BCUT2D eigenvalue weighted by atomic mass is 16.5. The Labute approximate surface area is 107 Å². The molecule has 0 aromatic heterocycles. The smallest absolute Gasteiger partial charge is 0.216 e. The minimum absolute atomic E-state index is 0.369. The quantitative estimate of drug-likeness (QED) is 0.690. The van der Waals surface area contributed by atoms with Crippen molar-refractivity contribution in [3.63, 3.8) is 0 Å². The molecule has 0 amide bonds. The summed E-state index contributed by atoms with van der Waals surface area (Å²) in [5, 5.41) is 0. The molecule has 1 aromatic rings. The third-order valence-corrected chi connectivity index (χ3v) is 4.54. The predicted molar refractivity (Wildman–Crippen MR) is 71.7 cm³/mol. The van der Waals surface area contributed by atoms with Crippen molar-refractivity contribution in [3.8, 4) is 0 Å². The summed E-state index contributed by atoms with van der Waals surface area (Å²) in [6, 6.07) is 8.46. The molecule has 4 atom stereocenters. The fourth-order valence-corrected chi connectivity index (χ4v) is 3.50. The van der Waals surface area contributed by atoms with Crippen molar-refractivity contribution in [2.45, 2.75) is 19.4 Å². The van der Waals surface area contributed by atoms with Gasteiger partial charge in [-0.3, -0.25) is 4.99 Å². The number of aliphatic imine (C=N–C) groups is 1. The number of fused-ring (bicyclic) bond motifs is 5. The highest BCUT2D eigenvalue weighted by Gasteiger charge is 2.47. The summed E-state index contributed by atoms with van der Waals surface area (Å²) in [6.07, 6.45) is 6.34. The average molecular weight is 239 g/mol. The van der Waals surface area contributed by atoms with E-state index in [1.165, 1.54) is 12.0 Å². The van der Waals surface area contributed by atoms with Crippen molar-refractivity contribution in [2.24, 2.45) is 22.7 Å². The molecular weight excluding hydrogens is 222 g/mol. The number of benzene rings is 1. The average Bonchev–Trinajstić information content (AvgIpc) is 3.01. The molecule has 0 saturated heterocycles. The first-order valence-electron chi connectivity index (χ1n) is 6.78. The summed E-state index contributed by atoms with van der Waals surface area (Å²) in [6.45, 7) is 3.03. The van der Waals surface area contributed by atoms with Crippen LogP contribution in [0.2, 0.25) is 0 Å². The number of rotatable bonds is 1. The second kappa shape index (κ2) is 3.71. The van der Waals surface area contributed by atoms with Crippen LogP contribution in [-0.4, -0.2) is 18.5 Å². The van der Waals surface area contributed by atoms with Crippen LogP contribution in [0.1, 0.15) is 17.5 Å². The van der Waals surface area contributed by atoms with Crippen LogP contribution >= 0.6 is 0 Å². The summed E-state index contributed by atoms with van der Waals surface area (Å²) >= 11 is 0. The Bertz CT molecular complexity index is 529. The molecular formula is C16H17NO. The Balaban J connectivity index is 1.62. The van der Waals surface area contributed by atoms with Gasteiger partial charge in [-0.25, -0.2) is 0 Å². The second-order valence-corrected chi connectivity index (χ2v) is 5.71. The van der Waals surface area contributed by atoms with E-state index in [1.54, 1.807) is 0 Å². The molecule has 4 rings (SSSR count). The molecule has 3 aliphatic rings. The molecule has 1 aliphatic heterocycles. The largest absolute Gasteiger partial charge is 0.473 e. The van der Waals surface area contributed by atoms with E-state index in [0.29, 0.717) is 23.9 Å². The van der Waals surface area contributed by atoms with E-state index in [-0.39, 0.29) is 0 Å². The number of aryl methyl sites for hydroxylation is 1. The summed E-state index contributed by atoms with van der Waals surface area (Å²) in [5.74, 6) is 2.80. The molecule has 18 heavy (non-hydrogen) atoms. The summed E-state index contributed by atoms with van der Waals surface area (Å²) in [7, 11) is 0. The van der Waals surface area contributed by atoms with E-state index in [1.807, 2.05) is 0 Å². The molecule has 2 bridgehead atoms. The Hall–Kier alpha value is -1.57. The van der Waals surface area contributed by atoms with E-state index in [0.717, 1.165) is 18.0 Å². The lowest BCUT2D eigenvalue weighted by Gasteiger charge is -2.32. The third kappa shape index (κ3) is 1.45. The highest BCUT2D eigenvalue weighted by Crippen LogP contribution is 2.46. The maximum atomic E-state index is 6.17. The lowest BCUT2D eigenvalue weighted by molar-refractivity contribution is 0.0990. The van der Waals surface area contributed by atoms with Gasteiger partial charge in [-0.15, -0.1) is 0 Å². The molecule has 0 spiro atoms. The van der Waals surface area contributed by atoms with E-state index in [9.17, 15) is 0 Å². The van der Waals surface area contributed by atoms with Gasteiger partial charge in [0.2, 0.25) is 5.90 Å². The number of allylic oxidation sites excluding steroid dienone is 1. The van der Waals surface area contributed by atoms with Crippen LogP contribution in [0.3, 0.4) is 0 Å². The SMILES string of the molecule is Cc1ccc(C2=NC[C@H]3[C@@H](O2)[C@@H]2C=C[C@H]3C2)cc1. The van der Waals surface area contributed by atoms with E-state index >= 15 is 0 Å². The standard InChI is InChI=1S/C16H17NO/c1-10-2-4-11(5-3-10)16-17-9-14-12-6-7-13(8-12)15(14)18-16/h2-7,12-15H,8-9H2,1H3/t12-,13+,14+,15-/m0/s1. The summed E-state index contributed by atoms with van der Waals surface area (Å²) in [4.78, 5) is 4.65. The molecule has 1 saturated carbocycles. The van der Waals surface area contributed by atoms with E-state index < -0.39 is 0 Å². The van der Waals surface area contributed by atoms with Crippen molar-refractivity contribution < 1.29 is 4.74 Å². The van der Waals surface area contributed by atoms with Crippen molar-refractivity contribution in [3.05, 3.63) is 47.5 Å². The highest BCUT2D eigenvalue weighted by molar-refractivity contribution is 5.94. The fraction of sp³-hybridized carbons (Fsp3) is 0.438. The van der Waals surface area contributed by atoms with Gasteiger partial charge in [0, 0.05) is 23.9 Å². The van der Waals surface area contributed by atoms with Crippen LogP contribution in [0.4, 0.5) is 0 Å². The Kier molecular flexibility index (Phi) is 2.14. The van der Waals surface area contributed by atoms with Gasteiger partial charge in [0.1, 0.15) is 6.10 Å². The Morgan fingerprint density at radius 2 is 1.89 bits per heavy atom. The number of hydrogen-bond acceptors (Lipinski definition) is 2. The Morgan fingerprint density at radius 1 is 1.11 bits per heavy atom. The molecule has 92 valence electrons. The summed E-state index contributed by atoms with van der Waals surface area (Å²) in [5.41, 5.74) is 2.39. The molecule has 2 aliphatic carbocycles. The van der Waals surface area contributed by atoms with Crippen LogP contribution in [0.5, 0.6) is 0 Å². The second-order valence-electron chi connectivity index (χ2n) is 5.71. The number of hydrogen-bond donors (Lipinski definition) is 0. The molecule has 0 N–H and O–H groups in total. The van der Waals surface area contributed by atoms with Gasteiger partial charge in [0.05, 0.1) is 0 Å². The molecule has 0 unspecified atom stereocenters. The van der Waals surface area contributed by atoms with Crippen molar-refractivity contribution in [2.75, 3.05) is 6.54 Å². The molecule has 1 aromatic carbocycles. The van der Waals surface area contributed by atoms with E-state index in [2.05, 4.69) is 48.3 Å². The maximum Gasteiger partial charge on any atom is 0.216 e. The first-order chi connectivity index (χ1) is 8.81. The third-order valence-electron chi connectivity index (χ3n) is 4.54. The van der Waals surface area contributed by atoms with Crippen LogP contribution in [0.25, 0.3) is 0 Å². The Morgan fingerprint density at radius 3 is 2.72 bits per heavy atom.